The summed E-state index contributed by atoms with van der Waals surface area (Å²) in [6, 6.07) is 16.2. The maximum absolute atomic E-state index is 12.9. The Labute approximate surface area is 270 Å². The number of aromatic amines is 1. The van der Waals surface area contributed by atoms with Crippen LogP contribution in [0.2, 0.25) is 0 Å². The summed E-state index contributed by atoms with van der Waals surface area (Å²) < 4.78 is 11.1. The standard InChI is InChI=1S/C36H45N5O5/c1-34(2,3)45-32(43)40-19-16-26(22-40)30(42)38-27-14-12-24(13-15-27)23-8-10-25(11-9-23)28-21-37-31(39-28)36-17-7-18-41(29(36)20-36)33(44)46-35(4,5)6/h8-15,21,26,29H,7,16-20,22H2,1-6H3,(H,37,39)(H,38,42). The molecule has 1 saturated carbocycles. The Morgan fingerprint density at radius 2 is 1.48 bits per heavy atom. The molecule has 2 saturated heterocycles. The van der Waals surface area contributed by atoms with Crippen LogP contribution in [-0.2, 0) is 19.7 Å². The second-order valence-corrected chi connectivity index (χ2v) is 14.9. The quantitative estimate of drug-likeness (QED) is 0.315. The van der Waals surface area contributed by atoms with Gasteiger partial charge in [-0.15, -0.1) is 0 Å². The Morgan fingerprint density at radius 3 is 2.13 bits per heavy atom. The predicted octanol–water partition coefficient (Wildman–Crippen LogP) is 6.98. The van der Waals surface area contributed by atoms with Crippen LogP contribution >= 0.6 is 0 Å². The van der Waals surface area contributed by atoms with Gasteiger partial charge >= 0.3 is 12.2 Å². The van der Waals surface area contributed by atoms with Crippen molar-refractivity contribution in [1.82, 2.24) is 19.8 Å². The van der Waals surface area contributed by atoms with Crippen molar-refractivity contribution < 1.29 is 23.9 Å². The van der Waals surface area contributed by atoms with Crippen molar-refractivity contribution >= 4 is 23.8 Å². The maximum Gasteiger partial charge on any atom is 0.410 e. The SMILES string of the molecule is CC(C)(C)OC(=O)N1CCC(C(=O)Nc2ccc(-c3ccc(-c4cnc(C56CCCN(C(=O)OC(C)(C)C)C5C6)[nH]4)cc3)cc2)C1. The molecule has 3 aliphatic rings. The number of rotatable bonds is 5. The molecule has 2 N–H and O–H groups in total. The van der Waals surface area contributed by atoms with E-state index in [4.69, 9.17) is 14.5 Å². The number of nitrogens with one attached hydrogen (secondary N) is 2. The first-order valence-electron chi connectivity index (χ1n) is 16.3. The van der Waals surface area contributed by atoms with Gasteiger partial charge in [-0.3, -0.25) is 4.79 Å². The third-order valence-electron chi connectivity index (χ3n) is 9.00. The summed E-state index contributed by atoms with van der Waals surface area (Å²) in [5.74, 6) is 0.581. The van der Waals surface area contributed by atoms with Gasteiger partial charge in [0.15, 0.2) is 0 Å². The van der Waals surface area contributed by atoms with Crippen LogP contribution in [0.1, 0.15) is 73.1 Å². The van der Waals surface area contributed by atoms with Gasteiger partial charge in [0.1, 0.15) is 17.0 Å². The van der Waals surface area contributed by atoms with Crippen molar-refractivity contribution in [3.63, 3.8) is 0 Å². The summed E-state index contributed by atoms with van der Waals surface area (Å²) in [4.78, 5) is 49.9. The minimum absolute atomic E-state index is 0.0927. The van der Waals surface area contributed by atoms with E-state index in [1.807, 2.05) is 76.9 Å². The lowest BCUT2D eigenvalue weighted by Gasteiger charge is -2.33. The third-order valence-corrected chi connectivity index (χ3v) is 9.00. The van der Waals surface area contributed by atoms with Crippen LogP contribution in [0.5, 0.6) is 0 Å². The minimum atomic E-state index is -0.564. The fraction of sp³-hybridized carbons (Fsp3) is 0.500. The summed E-state index contributed by atoms with van der Waals surface area (Å²) in [6.07, 6.45) is 4.71. The summed E-state index contributed by atoms with van der Waals surface area (Å²) in [5, 5.41) is 3.00. The fourth-order valence-electron chi connectivity index (χ4n) is 6.62. The Bertz CT molecular complexity index is 1600. The van der Waals surface area contributed by atoms with Gasteiger partial charge in [0, 0.05) is 31.4 Å². The van der Waals surface area contributed by atoms with Crippen LogP contribution in [0.15, 0.2) is 54.7 Å². The summed E-state index contributed by atoms with van der Waals surface area (Å²) >= 11 is 0. The van der Waals surface area contributed by atoms with Crippen LogP contribution < -0.4 is 5.32 Å². The number of carbonyl (C=O) groups is 3. The van der Waals surface area contributed by atoms with Gasteiger partial charge in [0.2, 0.25) is 5.91 Å². The molecule has 3 aromatic rings. The molecule has 10 nitrogen and oxygen atoms in total. The van der Waals surface area contributed by atoms with Crippen molar-refractivity contribution in [3.8, 4) is 22.4 Å². The van der Waals surface area contributed by atoms with Crippen LogP contribution in [0.3, 0.4) is 0 Å². The first kappa shape index (κ1) is 31.6. The second kappa shape index (κ2) is 11.8. The first-order chi connectivity index (χ1) is 21.7. The normalized spacial score (nSPS) is 22.7. The highest BCUT2D eigenvalue weighted by Crippen LogP contribution is 2.56. The van der Waals surface area contributed by atoms with Crippen molar-refractivity contribution in [2.24, 2.45) is 5.92 Å². The molecule has 1 aromatic heterocycles. The van der Waals surface area contributed by atoms with E-state index in [0.29, 0.717) is 19.5 Å². The highest BCUT2D eigenvalue weighted by atomic mass is 16.6. The highest BCUT2D eigenvalue weighted by Gasteiger charge is 2.63. The number of carbonyl (C=O) groups excluding carboxylic acids is 3. The molecule has 3 atom stereocenters. The maximum atomic E-state index is 12.9. The van der Waals surface area contributed by atoms with Gasteiger partial charge in [0.05, 0.1) is 23.2 Å². The minimum Gasteiger partial charge on any atom is -0.444 e. The molecule has 2 aromatic carbocycles. The van der Waals surface area contributed by atoms with Crippen molar-refractivity contribution in [2.45, 2.75) is 89.9 Å². The number of fused-ring (bicyclic) bond motifs is 1. The number of imidazole rings is 1. The number of anilines is 1. The van der Waals surface area contributed by atoms with Crippen molar-refractivity contribution in [2.75, 3.05) is 25.0 Å². The molecule has 46 heavy (non-hydrogen) atoms. The van der Waals surface area contributed by atoms with Gasteiger partial charge in [-0.25, -0.2) is 14.6 Å². The van der Waals surface area contributed by atoms with E-state index < -0.39 is 11.2 Å². The lowest BCUT2D eigenvalue weighted by atomic mass is 9.95. The zero-order valence-electron chi connectivity index (χ0n) is 27.7. The molecule has 3 amide bonds. The van der Waals surface area contributed by atoms with Crippen LogP contribution in [0.25, 0.3) is 22.4 Å². The number of piperidine rings is 1. The van der Waals surface area contributed by atoms with Gasteiger partial charge in [-0.2, -0.15) is 0 Å². The molecule has 3 unspecified atom stereocenters. The van der Waals surface area contributed by atoms with Crippen LogP contribution in [0, 0.1) is 5.92 Å². The van der Waals surface area contributed by atoms with Gasteiger partial charge < -0.3 is 29.6 Å². The van der Waals surface area contributed by atoms with E-state index in [1.165, 1.54) is 0 Å². The van der Waals surface area contributed by atoms with E-state index in [1.54, 1.807) is 4.90 Å². The zero-order valence-corrected chi connectivity index (χ0v) is 27.7. The molecule has 0 radical (unpaired) electrons. The van der Waals surface area contributed by atoms with E-state index >= 15 is 0 Å². The number of amides is 3. The Kier molecular flexibility index (Phi) is 8.11. The van der Waals surface area contributed by atoms with E-state index in [9.17, 15) is 14.4 Å². The molecule has 1 aliphatic carbocycles. The van der Waals surface area contributed by atoms with Crippen LogP contribution in [0.4, 0.5) is 15.3 Å². The highest BCUT2D eigenvalue weighted by molar-refractivity contribution is 5.93. The monoisotopic (exact) mass is 627 g/mol. The Hall–Kier alpha value is -4.34. The molecule has 3 fully saturated rings. The fourth-order valence-corrected chi connectivity index (χ4v) is 6.62. The number of likely N-dealkylation sites (tertiary alicyclic amines) is 2. The van der Waals surface area contributed by atoms with Crippen molar-refractivity contribution in [3.05, 3.63) is 60.6 Å². The first-order valence-corrected chi connectivity index (χ1v) is 16.3. The Morgan fingerprint density at radius 1 is 0.870 bits per heavy atom. The van der Waals surface area contributed by atoms with E-state index in [0.717, 1.165) is 59.7 Å². The number of benzene rings is 2. The van der Waals surface area contributed by atoms with Crippen molar-refractivity contribution in [1.29, 1.82) is 0 Å². The average molecular weight is 628 g/mol. The second-order valence-electron chi connectivity index (χ2n) is 14.9. The number of nitrogens with zero attached hydrogens (tertiary/aromatic N) is 3. The average Bonchev–Trinajstić information content (AvgIpc) is 3.31. The van der Waals surface area contributed by atoms with E-state index in [-0.39, 0.29) is 35.5 Å². The topological polar surface area (TPSA) is 117 Å². The molecular weight excluding hydrogens is 582 g/mol. The number of aromatic nitrogens is 2. The van der Waals surface area contributed by atoms with E-state index in [2.05, 4.69) is 34.6 Å². The van der Waals surface area contributed by atoms with Gasteiger partial charge in [-0.05, 0) is 96.0 Å². The number of hydrogen-bond donors (Lipinski definition) is 2. The number of ether oxygens (including phenoxy) is 2. The molecule has 6 rings (SSSR count). The smallest absolute Gasteiger partial charge is 0.410 e. The lowest BCUT2D eigenvalue weighted by Crippen LogP contribution is -2.44. The molecule has 10 heteroatoms. The predicted molar refractivity (Wildman–Crippen MR) is 176 cm³/mol. The molecule has 0 bridgehead atoms. The largest absolute Gasteiger partial charge is 0.444 e. The van der Waals surface area contributed by atoms with Gasteiger partial charge in [0.25, 0.3) is 0 Å². The zero-order chi connectivity index (χ0) is 32.9. The summed E-state index contributed by atoms with van der Waals surface area (Å²) in [6.45, 7) is 12.8. The van der Waals surface area contributed by atoms with Crippen LogP contribution in [-0.4, -0.2) is 74.7 Å². The number of H-pyrrole nitrogens is 1. The van der Waals surface area contributed by atoms with Gasteiger partial charge in [-0.1, -0.05) is 36.4 Å². The summed E-state index contributed by atoms with van der Waals surface area (Å²) in [5.41, 5.74) is 3.60. The summed E-state index contributed by atoms with van der Waals surface area (Å²) in [7, 11) is 0. The third kappa shape index (κ3) is 6.76. The molecule has 3 heterocycles. The number of hydrogen-bond acceptors (Lipinski definition) is 6. The molecule has 0 spiro atoms. The molecular formula is C36H45N5O5. The Balaban J connectivity index is 1.05. The lowest BCUT2D eigenvalue weighted by molar-refractivity contribution is -0.119. The molecule has 244 valence electrons. The molecule has 2 aliphatic heterocycles.